The number of amides is 3. The third-order valence-corrected chi connectivity index (χ3v) is 7.71. The Morgan fingerprint density at radius 1 is 1.10 bits per heavy atom. The molecule has 41 heavy (non-hydrogen) atoms. The summed E-state index contributed by atoms with van der Waals surface area (Å²) in [5, 5.41) is 12.5. The topological polar surface area (TPSA) is 112 Å². The number of anilines is 1. The second kappa shape index (κ2) is 9.98. The number of ether oxygens (including phenoxy) is 2. The maximum Gasteiger partial charge on any atom is 0.414 e. The first-order valence-electron chi connectivity index (χ1n) is 13.2. The fraction of sp³-hybridized carbons (Fsp3) is 0.448. The Morgan fingerprint density at radius 2 is 1.73 bits per heavy atom. The van der Waals surface area contributed by atoms with E-state index < -0.39 is 52.3 Å². The third-order valence-electron chi connectivity index (χ3n) is 7.71. The molecule has 2 aromatic rings. The minimum Gasteiger partial charge on any atom is -0.444 e. The molecule has 12 heteroatoms. The molecular formula is C29H29F3N4O5. The lowest BCUT2D eigenvalue weighted by Gasteiger charge is -2.27. The van der Waals surface area contributed by atoms with Crippen molar-refractivity contribution >= 4 is 23.8 Å². The molecule has 3 aliphatic rings. The quantitative estimate of drug-likeness (QED) is 0.567. The molecule has 2 heterocycles. The van der Waals surface area contributed by atoms with Gasteiger partial charge in [0.15, 0.2) is 0 Å². The molecule has 0 spiro atoms. The number of halogens is 3. The summed E-state index contributed by atoms with van der Waals surface area (Å²) in [6.07, 6.45) is -2.00. The summed E-state index contributed by atoms with van der Waals surface area (Å²) in [5.74, 6) is -3.71. The molecule has 216 valence electrons. The molecule has 3 fully saturated rings. The highest BCUT2D eigenvalue weighted by Gasteiger charge is 2.71. The average Bonchev–Trinajstić information content (AvgIpc) is 3.16. The van der Waals surface area contributed by atoms with Crippen LogP contribution in [-0.2, 0) is 19.7 Å². The number of piperidine rings is 1. The number of nitrogens with one attached hydrogen (secondary N) is 1. The monoisotopic (exact) mass is 570 g/mol. The van der Waals surface area contributed by atoms with E-state index in [1.807, 2.05) is 0 Å². The number of hydrogen-bond donors (Lipinski definition) is 1. The molecule has 1 N–H and O–H groups in total. The Kier molecular flexibility index (Phi) is 6.88. The Morgan fingerprint density at radius 3 is 2.27 bits per heavy atom. The maximum atomic E-state index is 15.5. The summed E-state index contributed by atoms with van der Waals surface area (Å²) >= 11 is 0. The van der Waals surface area contributed by atoms with E-state index in [0.29, 0.717) is 0 Å². The second-order valence-electron chi connectivity index (χ2n) is 11.6. The highest BCUT2D eigenvalue weighted by atomic mass is 19.1. The number of hydrogen-bond acceptors (Lipinski definition) is 6. The number of nitrogens with zero attached hydrogens (tertiary/aromatic N) is 3. The van der Waals surface area contributed by atoms with E-state index in [0.717, 1.165) is 23.1 Å². The van der Waals surface area contributed by atoms with Gasteiger partial charge < -0.3 is 19.7 Å². The van der Waals surface area contributed by atoms with E-state index in [-0.39, 0.29) is 60.7 Å². The van der Waals surface area contributed by atoms with Gasteiger partial charge in [0.2, 0.25) is 5.91 Å². The van der Waals surface area contributed by atoms with Crippen LogP contribution in [0.5, 0.6) is 0 Å². The molecule has 3 atom stereocenters. The highest BCUT2D eigenvalue weighted by molar-refractivity contribution is 5.90. The number of rotatable bonds is 5. The first-order chi connectivity index (χ1) is 19.2. The smallest absolute Gasteiger partial charge is 0.414 e. The number of nitriles is 1. The number of benzene rings is 2. The van der Waals surface area contributed by atoms with Crippen molar-refractivity contribution in [2.24, 2.45) is 11.8 Å². The molecule has 9 nitrogen and oxygen atoms in total. The second-order valence-corrected chi connectivity index (χ2v) is 11.6. The number of cyclic esters (lactones) is 1. The van der Waals surface area contributed by atoms with Gasteiger partial charge in [-0.2, -0.15) is 5.26 Å². The van der Waals surface area contributed by atoms with E-state index in [1.165, 1.54) is 24.0 Å². The normalized spacial score (nSPS) is 24.9. The molecule has 1 saturated carbocycles. The van der Waals surface area contributed by atoms with Crippen LogP contribution in [0.3, 0.4) is 0 Å². The molecule has 0 radical (unpaired) electrons. The Bertz CT molecular complexity index is 1450. The SMILES string of the molecule is CC(=O)NC[C@H]1CN(c2cc(F)c(-c3ccc(C4(C#N)C5CN(C(=O)OC(C)(C)C)CC54)c(F)c3)c(F)c2)C(=O)O1. The van der Waals surface area contributed by atoms with Crippen molar-refractivity contribution in [3.05, 3.63) is 53.3 Å². The van der Waals surface area contributed by atoms with E-state index in [1.54, 1.807) is 20.8 Å². The molecular weight excluding hydrogens is 541 g/mol. The predicted molar refractivity (Wildman–Crippen MR) is 140 cm³/mol. The first-order valence-corrected chi connectivity index (χ1v) is 13.2. The van der Waals surface area contributed by atoms with E-state index >= 15 is 13.2 Å². The van der Waals surface area contributed by atoms with Crippen LogP contribution < -0.4 is 10.2 Å². The van der Waals surface area contributed by atoms with Crippen molar-refractivity contribution in [3.8, 4) is 17.2 Å². The fourth-order valence-electron chi connectivity index (χ4n) is 5.83. The summed E-state index contributed by atoms with van der Waals surface area (Å²) in [6, 6.07) is 7.84. The molecule has 2 saturated heterocycles. The molecule has 5 rings (SSSR count). The molecule has 2 aliphatic heterocycles. The largest absolute Gasteiger partial charge is 0.444 e. The average molecular weight is 571 g/mol. The summed E-state index contributed by atoms with van der Waals surface area (Å²) < 4.78 is 56.4. The number of likely N-dealkylation sites (tertiary alicyclic amines) is 1. The van der Waals surface area contributed by atoms with Crippen molar-refractivity contribution in [1.29, 1.82) is 5.26 Å². The summed E-state index contributed by atoms with van der Waals surface area (Å²) in [4.78, 5) is 38.4. The van der Waals surface area contributed by atoms with Crippen molar-refractivity contribution in [2.45, 2.75) is 44.8 Å². The van der Waals surface area contributed by atoms with E-state index in [9.17, 15) is 19.6 Å². The summed E-state index contributed by atoms with van der Waals surface area (Å²) in [5.41, 5.74) is -2.35. The molecule has 3 amide bonds. The lowest BCUT2D eigenvalue weighted by atomic mass is 9.89. The van der Waals surface area contributed by atoms with Gasteiger partial charge in [-0.1, -0.05) is 12.1 Å². The minimum atomic E-state index is -1.15. The van der Waals surface area contributed by atoms with Gasteiger partial charge in [-0.25, -0.2) is 22.8 Å². The van der Waals surface area contributed by atoms with Crippen molar-refractivity contribution in [2.75, 3.05) is 31.1 Å². The third kappa shape index (κ3) is 5.05. The molecule has 0 aromatic heterocycles. The van der Waals surface area contributed by atoms with Gasteiger partial charge in [0.1, 0.15) is 29.2 Å². The molecule has 2 unspecified atom stereocenters. The molecule has 2 aromatic carbocycles. The number of carbonyl (C=O) groups is 3. The van der Waals surface area contributed by atoms with Crippen molar-refractivity contribution in [3.63, 3.8) is 0 Å². The fourth-order valence-corrected chi connectivity index (χ4v) is 5.83. The Labute approximate surface area is 234 Å². The van der Waals surface area contributed by atoms with Crippen LogP contribution in [0, 0.1) is 40.6 Å². The van der Waals surface area contributed by atoms with Gasteiger partial charge in [-0.3, -0.25) is 9.69 Å². The van der Waals surface area contributed by atoms with Gasteiger partial charge in [0, 0.05) is 37.4 Å². The van der Waals surface area contributed by atoms with Gasteiger partial charge in [0.05, 0.1) is 35.8 Å². The van der Waals surface area contributed by atoms with Crippen LogP contribution in [0.4, 0.5) is 28.4 Å². The van der Waals surface area contributed by atoms with Crippen molar-refractivity contribution < 1.29 is 37.0 Å². The van der Waals surface area contributed by atoms with Crippen LogP contribution >= 0.6 is 0 Å². The molecule has 0 bridgehead atoms. The van der Waals surface area contributed by atoms with Crippen LogP contribution in [-0.4, -0.2) is 60.9 Å². The van der Waals surface area contributed by atoms with E-state index in [4.69, 9.17) is 9.47 Å². The van der Waals surface area contributed by atoms with Gasteiger partial charge in [0.25, 0.3) is 0 Å². The number of fused-ring (bicyclic) bond motifs is 1. The van der Waals surface area contributed by atoms with Gasteiger partial charge >= 0.3 is 12.2 Å². The highest BCUT2D eigenvalue weighted by Crippen LogP contribution is 2.63. The Balaban J connectivity index is 1.34. The lowest BCUT2D eigenvalue weighted by Crippen LogP contribution is -2.39. The summed E-state index contributed by atoms with van der Waals surface area (Å²) in [7, 11) is 0. The maximum absolute atomic E-state index is 15.5. The van der Waals surface area contributed by atoms with Crippen LogP contribution in [0.2, 0.25) is 0 Å². The predicted octanol–water partition coefficient (Wildman–Crippen LogP) is 4.49. The van der Waals surface area contributed by atoms with Crippen LogP contribution in [0.15, 0.2) is 30.3 Å². The number of carbonyl (C=O) groups excluding carboxylic acids is 3. The zero-order valence-electron chi connectivity index (χ0n) is 23.0. The van der Waals surface area contributed by atoms with Gasteiger partial charge in [-0.05, 0) is 44.5 Å². The first kappa shape index (κ1) is 28.3. The minimum absolute atomic E-state index is 0.0232. The zero-order chi connectivity index (χ0) is 29.9. The Hall–Kier alpha value is -4.27. The van der Waals surface area contributed by atoms with Crippen LogP contribution in [0.25, 0.3) is 11.1 Å². The summed E-state index contributed by atoms with van der Waals surface area (Å²) in [6.45, 7) is 7.08. The van der Waals surface area contributed by atoms with Gasteiger partial charge in [-0.15, -0.1) is 0 Å². The van der Waals surface area contributed by atoms with Crippen molar-refractivity contribution in [1.82, 2.24) is 10.2 Å². The van der Waals surface area contributed by atoms with E-state index in [2.05, 4.69) is 11.4 Å². The zero-order valence-corrected chi connectivity index (χ0v) is 23.0. The molecule has 1 aliphatic carbocycles. The standard InChI is InChI=1S/C29H29F3N4O5/c1-15(37)34-10-18-11-36(27(39)40-18)17-8-23(31)25(24(32)9-17)16-5-6-19(22(30)7-16)29(14-33)20-12-35(13-21(20)29)26(38)41-28(2,3)4/h5-9,18,20-21H,10-13H2,1-4H3,(H,34,37)/t18-,20?,21?,29?/m0/s1. The van der Waals surface area contributed by atoms with Crippen LogP contribution in [0.1, 0.15) is 33.3 Å². The lowest BCUT2D eigenvalue weighted by molar-refractivity contribution is -0.119.